The third-order valence-corrected chi connectivity index (χ3v) is 3.83. The predicted molar refractivity (Wildman–Crippen MR) is 73.5 cm³/mol. The molecule has 0 aliphatic carbocycles. The average Bonchev–Trinajstić information content (AvgIpc) is 2.72. The van der Waals surface area contributed by atoms with Gasteiger partial charge in [0.15, 0.2) is 0 Å². The van der Waals surface area contributed by atoms with E-state index in [-0.39, 0.29) is 0 Å². The standard InChI is InChI=1S/C14H20N4/c1-17-5-2-3-11(10-17)7-14-16-9-13-8-12(15)4-6-18(13)14/h4,6,8-9,11H,2-3,5,7,10,15H2,1H3. The molecule has 1 aliphatic heterocycles. The summed E-state index contributed by atoms with van der Waals surface area (Å²) in [6.45, 7) is 2.42. The largest absolute Gasteiger partial charge is 0.399 e. The minimum atomic E-state index is 0.729. The van der Waals surface area contributed by atoms with Crippen LogP contribution in [0.1, 0.15) is 18.7 Å². The molecule has 18 heavy (non-hydrogen) atoms. The van der Waals surface area contributed by atoms with Gasteiger partial charge in [-0.25, -0.2) is 4.98 Å². The van der Waals surface area contributed by atoms with Crippen LogP contribution in [-0.4, -0.2) is 34.4 Å². The molecular formula is C14H20N4. The second kappa shape index (κ2) is 4.61. The lowest BCUT2D eigenvalue weighted by Crippen LogP contribution is -2.33. The quantitative estimate of drug-likeness (QED) is 0.876. The number of likely N-dealkylation sites (tertiary alicyclic amines) is 1. The highest BCUT2D eigenvalue weighted by atomic mass is 15.1. The van der Waals surface area contributed by atoms with Crippen LogP contribution in [0.15, 0.2) is 24.5 Å². The van der Waals surface area contributed by atoms with Crippen molar-refractivity contribution in [3.05, 3.63) is 30.4 Å². The summed E-state index contributed by atoms with van der Waals surface area (Å²) in [5.41, 5.74) is 7.68. The maximum absolute atomic E-state index is 5.79. The number of pyridine rings is 1. The van der Waals surface area contributed by atoms with Crippen LogP contribution in [0.5, 0.6) is 0 Å². The minimum absolute atomic E-state index is 0.729. The summed E-state index contributed by atoms with van der Waals surface area (Å²) in [6.07, 6.45) is 7.62. The van der Waals surface area contributed by atoms with Gasteiger partial charge >= 0.3 is 0 Å². The van der Waals surface area contributed by atoms with Gasteiger partial charge in [-0.2, -0.15) is 0 Å². The number of piperidine rings is 1. The summed E-state index contributed by atoms with van der Waals surface area (Å²) in [5, 5.41) is 0. The van der Waals surface area contributed by atoms with Crippen molar-refractivity contribution in [1.29, 1.82) is 0 Å². The van der Waals surface area contributed by atoms with Crippen LogP contribution in [-0.2, 0) is 6.42 Å². The van der Waals surface area contributed by atoms with E-state index in [0.29, 0.717) is 0 Å². The zero-order chi connectivity index (χ0) is 12.5. The number of hydrogen-bond acceptors (Lipinski definition) is 3. The summed E-state index contributed by atoms with van der Waals surface area (Å²) in [7, 11) is 2.20. The number of aromatic nitrogens is 2. The van der Waals surface area contributed by atoms with E-state index in [4.69, 9.17) is 5.73 Å². The van der Waals surface area contributed by atoms with Crippen LogP contribution >= 0.6 is 0 Å². The molecule has 0 amide bonds. The molecule has 3 heterocycles. The van der Waals surface area contributed by atoms with Gasteiger partial charge in [0.1, 0.15) is 5.82 Å². The van der Waals surface area contributed by atoms with E-state index in [0.717, 1.165) is 29.4 Å². The Hall–Kier alpha value is -1.55. The van der Waals surface area contributed by atoms with Crippen molar-refractivity contribution >= 4 is 11.2 Å². The molecule has 0 spiro atoms. The van der Waals surface area contributed by atoms with Crippen molar-refractivity contribution in [1.82, 2.24) is 14.3 Å². The molecular weight excluding hydrogens is 224 g/mol. The summed E-state index contributed by atoms with van der Waals surface area (Å²) in [5.74, 6) is 1.89. The molecule has 2 aromatic heterocycles. The molecule has 2 N–H and O–H groups in total. The van der Waals surface area contributed by atoms with Gasteiger partial charge in [-0.15, -0.1) is 0 Å². The first-order valence-electron chi connectivity index (χ1n) is 6.62. The van der Waals surface area contributed by atoms with Gasteiger partial charge in [0.05, 0.1) is 11.7 Å². The van der Waals surface area contributed by atoms with Crippen LogP contribution in [0.3, 0.4) is 0 Å². The van der Waals surface area contributed by atoms with Crippen molar-refractivity contribution in [2.45, 2.75) is 19.3 Å². The molecule has 1 atom stereocenters. The Kier molecular flexibility index (Phi) is 2.96. The second-order valence-corrected chi connectivity index (χ2v) is 5.40. The number of anilines is 1. The molecule has 4 heteroatoms. The van der Waals surface area contributed by atoms with Crippen LogP contribution in [0.2, 0.25) is 0 Å². The molecule has 1 aliphatic rings. The minimum Gasteiger partial charge on any atom is -0.399 e. The van der Waals surface area contributed by atoms with Gasteiger partial charge in [0.25, 0.3) is 0 Å². The summed E-state index contributed by atoms with van der Waals surface area (Å²) >= 11 is 0. The molecule has 0 radical (unpaired) electrons. The number of nitrogens with zero attached hydrogens (tertiary/aromatic N) is 3. The number of nitrogens with two attached hydrogens (primary N) is 1. The van der Waals surface area contributed by atoms with Crippen molar-refractivity contribution in [3.63, 3.8) is 0 Å². The van der Waals surface area contributed by atoms with Gasteiger partial charge in [-0.3, -0.25) is 0 Å². The highest BCUT2D eigenvalue weighted by molar-refractivity contribution is 5.55. The molecule has 3 rings (SSSR count). The Morgan fingerprint density at radius 2 is 2.39 bits per heavy atom. The number of hydrogen-bond donors (Lipinski definition) is 1. The monoisotopic (exact) mass is 244 g/mol. The maximum Gasteiger partial charge on any atom is 0.113 e. The van der Waals surface area contributed by atoms with Gasteiger partial charge in [-0.1, -0.05) is 0 Å². The normalized spacial score (nSPS) is 21.5. The fraction of sp³-hybridized carbons (Fsp3) is 0.500. The first-order valence-corrected chi connectivity index (χ1v) is 6.62. The molecule has 0 aromatic carbocycles. The topological polar surface area (TPSA) is 46.6 Å². The van der Waals surface area contributed by atoms with Crippen molar-refractivity contribution in [2.24, 2.45) is 5.92 Å². The Labute approximate surface area is 107 Å². The third-order valence-electron chi connectivity index (χ3n) is 3.83. The zero-order valence-corrected chi connectivity index (χ0v) is 10.8. The fourth-order valence-electron chi connectivity index (χ4n) is 2.92. The van der Waals surface area contributed by atoms with Gasteiger partial charge in [0.2, 0.25) is 0 Å². The smallest absolute Gasteiger partial charge is 0.113 e. The average molecular weight is 244 g/mol. The third kappa shape index (κ3) is 2.20. The Bertz CT molecular complexity index is 546. The van der Waals surface area contributed by atoms with Gasteiger partial charge in [0, 0.05) is 24.8 Å². The van der Waals surface area contributed by atoms with E-state index in [1.165, 1.54) is 25.9 Å². The molecule has 96 valence electrons. The number of imidazole rings is 1. The van der Waals surface area contributed by atoms with Gasteiger partial charge in [-0.05, 0) is 44.5 Å². The summed E-state index contributed by atoms with van der Waals surface area (Å²) in [6, 6.07) is 3.91. The van der Waals surface area contributed by atoms with Gasteiger partial charge < -0.3 is 15.0 Å². The number of fused-ring (bicyclic) bond motifs is 1. The first-order chi connectivity index (χ1) is 8.72. The highest BCUT2D eigenvalue weighted by Crippen LogP contribution is 2.20. The molecule has 1 saturated heterocycles. The van der Waals surface area contributed by atoms with E-state index in [1.807, 2.05) is 24.5 Å². The Morgan fingerprint density at radius 1 is 1.50 bits per heavy atom. The van der Waals surface area contributed by atoms with E-state index in [9.17, 15) is 0 Å². The SMILES string of the molecule is CN1CCCC(Cc2ncc3cc(N)ccn23)C1. The lowest BCUT2D eigenvalue weighted by Gasteiger charge is -2.29. The fourth-order valence-corrected chi connectivity index (χ4v) is 2.92. The van der Waals surface area contributed by atoms with Crippen LogP contribution < -0.4 is 5.73 Å². The van der Waals surface area contributed by atoms with Crippen molar-refractivity contribution < 1.29 is 0 Å². The summed E-state index contributed by atoms with van der Waals surface area (Å²) < 4.78 is 2.16. The highest BCUT2D eigenvalue weighted by Gasteiger charge is 2.19. The second-order valence-electron chi connectivity index (χ2n) is 5.40. The van der Waals surface area contributed by atoms with Crippen LogP contribution in [0, 0.1) is 5.92 Å². The molecule has 2 aromatic rings. The van der Waals surface area contributed by atoms with Crippen molar-refractivity contribution in [2.75, 3.05) is 25.9 Å². The molecule has 0 bridgehead atoms. The molecule has 1 unspecified atom stereocenters. The van der Waals surface area contributed by atoms with Crippen molar-refractivity contribution in [3.8, 4) is 0 Å². The summed E-state index contributed by atoms with van der Waals surface area (Å²) in [4.78, 5) is 6.96. The van der Waals surface area contributed by atoms with Crippen LogP contribution in [0.25, 0.3) is 5.52 Å². The Morgan fingerprint density at radius 3 is 3.22 bits per heavy atom. The molecule has 1 fully saturated rings. The van der Waals surface area contributed by atoms with E-state index < -0.39 is 0 Å². The first kappa shape index (κ1) is 11.5. The number of rotatable bonds is 2. The lowest BCUT2D eigenvalue weighted by molar-refractivity contribution is 0.207. The van der Waals surface area contributed by atoms with E-state index in [1.54, 1.807) is 0 Å². The predicted octanol–water partition coefficient (Wildman–Crippen LogP) is 1.80. The molecule has 4 nitrogen and oxygen atoms in total. The van der Waals surface area contributed by atoms with E-state index >= 15 is 0 Å². The van der Waals surface area contributed by atoms with E-state index in [2.05, 4.69) is 21.3 Å². The Balaban J connectivity index is 1.82. The molecule has 0 saturated carbocycles. The number of nitrogen functional groups attached to an aromatic ring is 1. The zero-order valence-electron chi connectivity index (χ0n) is 10.8. The maximum atomic E-state index is 5.79. The van der Waals surface area contributed by atoms with Crippen LogP contribution in [0.4, 0.5) is 5.69 Å². The lowest BCUT2D eigenvalue weighted by atomic mass is 9.95.